The van der Waals surface area contributed by atoms with Gasteiger partial charge < -0.3 is 0 Å². The number of primary sulfonamides is 1. The summed E-state index contributed by atoms with van der Waals surface area (Å²) in [4.78, 5) is 4.91. The van der Waals surface area contributed by atoms with Crippen LogP contribution >= 0.6 is 11.3 Å². The summed E-state index contributed by atoms with van der Waals surface area (Å²) in [5.41, 5.74) is 1.93. The van der Waals surface area contributed by atoms with Crippen LogP contribution in [-0.2, 0) is 10.0 Å². The predicted molar refractivity (Wildman–Crippen MR) is 63.7 cm³/mol. The molecule has 2 heterocycles. The summed E-state index contributed by atoms with van der Waals surface area (Å²) >= 11 is 1.15. The summed E-state index contributed by atoms with van der Waals surface area (Å²) in [5, 5.41) is 5.05. The summed E-state index contributed by atoms with van der Waals surface area (Å²) in [6.07, 6.45) is 3.45. The molecule has 0 fully saturated rings. The van der Waals surface area contributed by atoms with Gasteiger partial charge in [0, 0.05) is 22.8 Å². The van der Waals surface area contributed by atoms with Crippen LogP contribution in [0.5, 0.6) is 0 Å². The maximum atomic E-state index is 11.1. The van der Waals surface area contributed by atoms with Gasteiger partial charge in [0.1, 0.15) is 4.21 Å². The number of thiophene rings is 1. The van der Waals surface area contributed by atoms with Crippen molar-refractivity contribution < 1.29 is 8.42 Å². The molecule has 2 rings (SSSR count). The molecule has 0 radical (unpaired) electrons. The van der Waals surface area contributed by atoms with Gasteiger partial charge in [-0.05, 0) is 30.7 Å². The van der Waals surface area contributed by atoms with Gasteiger partial charge in [0.25, 0.3) is 0 Å². The number of hydrogen-bond donors (Lipinski definition) is 1. The fraction of sp³-hybridized carbons (Fsp3) is 0.100. The second-order valence-electron chi connectivity index (χ2n) is 3.41. The number of sulfonamides is 1. The van der Waals surface area contributed by atoms with Crippen molar-refractivity contribution in [1.29, 1.82) is 0 Å². The molecule has 0 spiro atoms. The molecule has 2 aromatic heterocycles. The van der Waals surface area contributed by atoms with E-state index >= 15 is 0 Å². The summed E-state index contributed by atoms with van der Waals surface area (Å²) in [7, 11) is -3.60. The molecule has 0 aliphatic carbocycles. The van der Waals surface area contributed by atoms with Gasteiger partial charge >= 0.3 is 0 Å². The maximum Gasteiger partial charge on any atom is 0.247 e. The van der Waals surface area contributed by atoms with Gasteiger partial charge in [-0.15, -0.1) is 11.3 Å². The van der Waals surface area contributed by atoms with Gasteiger partial charge in [-0.2, -0.15) is 0 Å². The molecule has 4 nitrogen and oxygen atoms in total. The Labute approximate surface area is 97.8 Å². The van der Waals surface area contributed by atoms with Crippen molar-refractivity contribution in [2.24, 2.45) is 5.14 Å². The van der Waals surface area contributed by atoms with E-state index in [1.807, 2.05) is 13.0 Å². The molecule has 0 aromatic carbocycles. The largest absolute Gasteiger partial charge is 0.264 e. The van der Waals surface area contributed by atoms with E-state index < -0.39 is 10.0 Å². The van der Waals surface area contributed by atoms with E-state index in [1.54, 1.807) is 18.5 Å². The maximum absolute atomic E-state index is 11.1. The highest BCUT2D eigenvalue weighted by molar-refractivity contribution is 7.91. The van der Waals surface area contributed by atoms with Crippen molar-refractivity contribution in [2.45, 2.75) is 11.1 Å². The monoisotopic (exact) mass is 254 g/mol. The second-order valence-corrected chi connectivity index (χ2v) is 6.29. The Morgan fingerprint density at radius 3 is 2.62 bits per heavy atom. The van der Waals surface area contributed by atoms with Crippen LogP contribution in [0.4, 0.5) is 0 Å². The number of hydrogen-bond acceptors (Lipinski definition) is 4. The lowest BCUT2D eigenvalue weighted by atomic mass is 10.2. The van der Waals surface area contributed by atoms with Crippen LogP contribution in [0, 0.1) is 6.92 Å². The van der Waals surface area contributed by atoms with Gasteiger partial charge in [-0.3, -0.25) is 4.98 Å². The number of nitrogens with zero attached hydrogens (tertiary/aromatic N) is 1. The standard InChI is InChI=1S/C10H10N2O2S2/c1-7-4-8(6-12-5-7)9-2-3-10(15-9)16(11,13)14/h2-6H,1H3,(H2,11,13,14). The lowest BCUT2D eigenvalue weighted by molar-refractivity contribution is 0.600. The zero-order valence-corrected chi connectivity index (χ0v) is 10.2. The van der Waals surface area contributed by atoms with Gasteiger partial charge in [0.05, 0.1) is 0 Å². The van der Waals surface area contributed by atoms with E-state index in [0.717, 1.165) is 27.3 Å². The van der Waals surface area contributed by atoms with Crippen LogP contribution in [0.2, 0.25) is 0 Å². The molecule has 0 saturated carbocycles. The molecule has 2 aromatic rings. The molecule has 0 atom stereocenters. The zero-order valence-electron chi connectivity index (χ0n) is 8.54. The molecule has 0 bridgehead atoms. The van der Waals surface area contributed by atoms with Crippen LogP contribution in [0.25, 0.3) is 10.4 Å². The van der Waals surface area contributed by atoms with Crippen LogP contribution in [-0.4, -0.2) is 13.4 Å². The van der Waals surface area contributed by atoms with E-state index in [1.165, 1.54) is 6.07 Å². The van der Waals surface area contributed by atoms with E-state index in [0.29, 0.717) is 0 Å². The molecule has 16 heavy (non-hydrogen) atoms. The van der Waals surface area contributed by atoms with Crippen molar-refractivity contribution in [1.82, 2.24) is 4.98 Å². The first-order valence-electron chi connectivity index (χ1n) is 4.51. The molecule has 0 saturated heterocycles. The molecular weight excluding hydrogens is 244 g/mol. The first-order valence-corrected chi connectivity index (χ1v) is 6.88. The summed E-state index contributed by atoms with van der Waals surface area (Å²) in [5.74, 6) is 0. The topological polar surface area (TPSA) is 73.0 Å². The van der Waals surface area contributed by atoms with E-state index in [4.69, 9.17) is 5.14 Å². The Balaban J connectivity index is 2.47. The third-order valence-electron chi connectivity index (χ3n) is 2.02. The third kappa shape index (κ3) is 2.29. The van der Waals surface area contributed by atoms with Crippen molar-refractivity contribution in [3.8, 4) is 10.4 Å². The molecule has 0 aliphatic rings. The Kier molecular flexibility index (Phi) is 2.79. The number of pyridine rings is 1. The SMILES string of the molecule is Cc1cncc(-c2ccc(S(N)(=O)=O)s2)c1. The number of aromatic nitrogens is 1. The first-order chi connectivity index (χ1) is 7.47. The van der Waals surface area contributed by atoms with Crippen LogP contribution in [0.3, 0.4) is 0 Å². The van der Waals surface area contributed by atoms with Crippen molar-refractivity contribution in [2.75, 3.05) is 0 Å². The highest BCUT2D eigenvalue weighted by Crippen LogP contribution is 2.29. The van der Waals surface area contributed by atoms with Crippen molar-refractivity contribution >= 4 is 21.4 Å². The number of nitrogens with two attached hydrogens (primary N) is 1. The minimum Gasteiger partial charge on any atom is -0.264 e. The molecule has 6 heteroatoms. The van der Waals surface area contributed by atoms with Crippen LogP contribution < -0.4 is 5.14 Å². The molecule has 0 unspecified atom stereocenters. The highest BCUT2D eigenvalue weighted by Gasteiger charge is 2.12. The number of aryl methyl sites for hydroxylation is 1. The minimum absolute atomic E-state index is 0.170. The smallest absolute Gasteiger partial charge is 0.247 e. The van der Waals surface area contributed by atoms with E-state index in [-0.39, 0.29) is 4.21 Å². The molecule has 2 N–H and O–H groups in total. The Morgan fingerprint density at radius 1 is 1.31 bits per heavy atom. The molecular formula is C10H10N2O2S2. The lowest BCUT2D eigenvalue weighted by Gasteiger charge is -1.97. The van der Waals surface area contributed by atoms with Crippen molar-refractivity contribution in [3.05, 3.63) is 36.2 Å². The predicted octanol–water partition coefficient (Wildman–Crippen LogP) is 1.77. The quantitative estimate of drug-likeness (QED) is 0.887. The normalized spacial score (nSPS) is 11.6. The highest BCUT2D eigenvalue weighted by atomic mass is 32.2. The Bertz CT molecular complexity index is 617. The molecule has 84 valence electrons. The van der Waals surface area contributed by atoms with Crippen molar-refractivity contribution in [3.63, 3.8) is 0 Å². The first kappa shape index (κ1) is 11.3. The van der Waals surface area contributed by atoms with Crippen LogP contribution in [0.15, 0.2) is 34.8 Å². The Morgan fingerprint density at radius 2 is 2.06 bits per heavy atom. The average molecular weight is 254 g/mol. The summed E-state index contributed by atoms with van der Waals surface area (Å²) < 4.78 is 22.4. The average Bonchev–Trinajstić information content (AvgIpc) is 2.65. The van der Waals surface area contributed by atoms with Gasteiger partial charge in [0.15, 0.2) is 0 Å². The van der Waals surface area contributed by atoms with E-state index in [9.17, 15) is 8.42 Å². The summed E-state index contributed by atoms with van der Waals surface area (Å²) in [6, 6.07) is 5.20. The van der Waals surface area contributed by atoms with Gasteiger partial charge in [-0.1, -0.05) is 0 Å². The fourth-order valence-corrected chi connectivity index (χ4v) is 3.03. The lowest BCUT2D eigenvalue weighted by Crippen LogP contribution is -2.09. The fourth-order valence-electron chi connectivity index (χ4n) is 1.32. The Hall–Kier alpha value is -1.24. The van der Waals surface area contributed by atoms with E-state index in [2.05, 4.69) is 4.98 Å². The third-order valence-corrected chi connectivity index (χ3v) is 4.59. The minimum atomic E-state index is -3.60. The molecule has 0 aliphatic heterocycles. The zero-order chi connectivity index (χ0) is 11.8. The van der Waals surface area contributed by atoms with Gasteiger partial charge in [0.2, 0.25) is 10.0 Å². The summed E-state index contributed by atoms with van der Waals surface area (Å²) in [6.45, 7) is 1.94. The second kappa shape index (κ2) is 3.97. The van der Waals surface area contributed by atoms with Crippen LogP contribution in [0.1, 0.15) is 5.56 Å². The molecule has 0 amide bonds. The number of rotatable bonds is 2. The van der Waals surface area contributed by atoms with Gasteiger partial charge in [-0.25, -0.2) is 13.6 Å².